The van der Waals surface area contributed by atoms with Gasteiger partial charge in [0, 0.05) is 5.02 Å². The molecule has 4 heteroatoms. The Morgan fingerprint density at radius 2 is 1.25 bits per heavy atom. The molecule has 0 unspecified atom stereocenters. The van der Waals surface area contributed by atoms with Gasteiger partial charge in [0.15, 0.2) is 0 Å². The van der Waals surface area contributed by atoms with Crippen LogP contribution in [0, 0.1) is 5.92 Å². The zero-order valence-corrected chi connectivity index (χ0v) is 27.9. The minimum absolute atomic E-state index is 0.384. The quantitative estimate of drug-likeness (QED) is 0.0810. The molecule has 0 spiro atoms. The van der Waals surface area contributed by atoms with E-state index in [1.54, 1.807) is 6.07 Å². The first-order chi connectivity index (χ1) is 21.6. The van der Waals surface area contributed by atoms with Crippen molar-refractivity contribution in [1.82, 2.24) is 0 Å². The van der Waals surface area contributed by atoms with Crippen LogP contribution in [0.3, 0.4) is 0 Å². The lowest BCUT2D eigenvalue weighted by Gasteiger charge is -2.29. The molecule has 3 nitrogen and oxygen atoms in total. The summed E-state index contributed by atoms with van der Waals surface area (Å²) < 4.78 is 11.6. The maximum atomic E-state index is 12.9. The summed E-state index contributed by atoms with van der Waals surface area (Å²) in [5.41, 5.74) is 3.82. The molecule has 0 saturated heterocycles. The van der Waals surface area contributed by atoms with Crippen LogP contribution >= 0.6 is 11.6 Å². The van der Waals surface area contributed by atoms with Gasteiger partial charge in [-0.05, 0) is 97.0 Å². The summed E-state index contributed by atoms with van der Waals surface area (Å²) in [7, 11) is 0. The fraction of sp³-hybridized carbons (Fsp3) is 0.525. The monoisotopic (exact) mass is 616 g/mol. The largest absolute Gasteiger partial charge is 0.494 e. The molecule has 0 amide bonds. The summed E-state index contributed by atoms with van der Waals surface area (Å²) in [6.07, 6.45) is 20.7. The Hall–Kier alpha value is -2.78. The van der Waals surface area contributed by atoms with Crippen LogP contribution in [0.2, 0.25) is 5.02 Å². The number of carbonyl (C=O) groups is 1. The molecule has 4 rings (SSSR count). The van der Waals surface area contributed by atoms with Gasteiger partial charge in [0.1, 0.15) is 11.5 Å². The Balaban J connectivity index is 1.21. The molecular weight excluding hydrogens is 564 g/mol. The maximum absolute atomic E-state index is 12.9. The Morgan fingerprint density at radius 3 is 1.86 bits per heavy atom. The van der Waals surface area contributed by atoms with Gasteiger partial charge in [-0.3, -0.25) is 0 Å². The summed E-state index contributed by atoms with van der Waals surface area (Å²) in [4.78, 5) is 12.9. The number of unbranched alkanes of at least 4 members (excludes halogenated alkanes) is 9. The molecule has 1 aliphatic carbocycles. The minimum Gasteiger partial charge on any atom is -0.494 e. The summed E-state index contributed by atoms with van der Waals surface area (Å²) in [5.74, 6) is 2.38. The van der Waals surface area contributed by atoms with E-state index in [1.165, 1.54) is 102 Å². The number of carbonyl (C=O) groups excluding carboxylic acids is 1. The van der Waals surface area contributed by atoms with Crippen molar-refractivity contribution in [2.75, 3.05) is 6.61 Å². The van der Waals surface area contributed by atoms with Crippen molar-refractivity contribution in [3.05, 3.63) is 82.9 Å². The molecular formula is C40H53ClO3. The van der Waals surface area contributed by atoms with Gasteiger partial charge in [-0.15, -0.1) is 0 Å². The van der Waals surface area contributed by atoms with Gasteiger partial charge in [0.25, 0.3) is 0 Å². The van der Waals surface area contributed by atoms with Gasteiger partial charge >= 0.3 is 5.97 Å². The third kappa shape index (κ3) is 11.0. The molecule has 3 aromatic rings. The van der Waals surface area contributed by atoms with Crippen molar-refractivity contribution in [1.29, 1.82) is 0 Å². The molecule has 1 fully saturated rings. The van der Waals surface area contributed by atoms with Crippen molar-refractivity contribution in [2.24, 2.45) is 5.92 Å². The van der Waals surface area contributed by atoms with E-state index in [2.05, 4.69) is 26.0 Å². The van der Waals surface area contributed by atoms with Crippen molar-refractivity contribution in [3.8, 4) is 22.6 Å². The first kappa shape index (κ1) is 34.1. The second-order valence-corrected chi connectivity index (χ2v) is 13.1. The number of halogens is 1. The van der Waals surface area contributed by atoms with Crippen molar-refractivity contribution >= 4 is 17.6 Å². The van der Waals surface area contributed by atoms with E-state index in [0.29, 0.717) is 22.3 Å². The molecule has 0 radical (unpaired) electrons. The summed E-state index contributed by atoms with van der Waals surface area (Å²) in [6, 6.07) is 21.5. The first-order valence-electron chi connectivity index (χ1n) is 17.4. The standard InChI is InChI=1S/C40H53ClO3/c1-3-5-7-9-11-13-29-43-36-24-19-32(20-25-36)33-21-26-37(27-22-33)44-40(42)35-23-28-38(39(41)30-35)34-17-15-31(16-18-34)14-12-10-8-6-4-2/h19-28,30-31,34H,3-18,29H2,1-2H3. The summed E-state index contributed by atoms with van der Waals surface area (Å²) >= 11 is 6.72. The predicted molar refractivity (Wildman–Crippen MR) is 185 cm³/mol. The topological polar surface area (TPSA) is 35.5 Å². The Morgan fingerprint density at radius 1 is 0.682 bits per heavy atom. The normalized spacial score (nSPS) is 16.5. The molecule has 0 heterocycles. The fourth-order valence-corrected chi connectivity index (χ4v) is 6.82. The van der Waals surface area contributed by atoms with E-state index in [-0.39, 0.29) is 5.97 Å². The average molecular weight is 617 g/mol. The van der Waals surface area contributed by atoms with Crippen molar-refractivity contribution in [3.63, 3.8) is 0 Å². The molecule has 0 bridgehead atoms. The van der Waals surface area contributed by atoms with Gasteiger partial charge in [0.05, 0.1) is 12.2 Å². The molecule has 44 heavy (non-hydrogen) atoms. The van der Waals surface area contributed by atoms with Crippen LogP contribution in [0.5, 0.6) is 11.5 Å². The van der Waals surface area contributed by atoms with Crippen LogP contribution in [-0.4, -0.2) is 12.6 Å². The van der Waals surface area contributed by atoms with Gasteiger partial charge in [0.2, 0.25) is 0 Å². The zero-order chi connectivity index (χ0) is 31.0. The van der Waals surface area contributed by atoms with Crippen LogP contribution in [0.15, 0.2) is 66.7 Å². The summed E-state index contributed by atoms with van der Waals surface area (Å²) in [5, 5.41) is 0.678. The van der Waals surface area contributed by atoms with Crippen LogP contribution < -0.4 is 9.47 Å². The smallest absolute Gasteiger partial charge is 0.343 e. The third-order valence-corrected chi connectivity index (χ3v) is 9.59. The van der Waals surface area contributed by atoms with Gasteiger partial charge in [-0.1, -0.05) is 126 Å². The molecule has 1 saturated carbocycles. The molecule has 0 N–H and O–H groups in total. The number of ether oxygens (including phenoxy) is 2. The lowest BCUT2D eigenvalue weighted by molar-refractivity contribution is 0.0734. The number of hydrogen-bond acceptors (Lipinski definition) is 3. The van der Waals surface area contributed by atoms with E-state index >= 15 is 0 Å². The molecule has 238 valence electrons. The van der Waals surface area contributed by atoms with Crippen molar-refractivity contribution < 1.29 is 14.3 Å². The van der Waals surface area contributed by atoms with E-state index in [0.717, 1.165) is 35.8 Å². The van der Waals surface area contributed by atoms with E-state index in [9.17, 15) is 4.79 Å². The average Bonchev–Trinajstić information content (AvgIpc) is 3.05. The number of esters is 1. The molecule has 0 aromatic heterocycles. The lowest BCUT2D eigenvalue weighted by atomic mass is 9.77. The van der Waals surface area contributed by atoms with Crippen LogP contribution in [0.25, 0.3) is 11.1 Å². The lowest BCUT2D eigenvalue weighted by Crippen LogP contribution is -2.14. The fourth-order valence-electron chi connectivity index (χ4n) is 6.48. The molecule has 3 aromatic carbocycles. The number of rotatable bonds is 18. The van der Waals surface area contributed by atoms with Gasteiger partial charge < -0.3 is 9.47 Å². The summed E-state index contributed by atoms with van der Waals surface area (Å²) in [6.45, 7) is 5.28. The maximum Gasteiger partial charge on any atom is 0.343 e. The molecule has 0 atom stereocenters. The van der Waals surface area contributed by atoms with Crippen LogP contribution in [0.1, 0.15) is 138 Å². The van der Waals surface area contributed by atoms with Gasteiger partial charge in [-0.2, -0.15) is 0 Å². The van der Waals surface area contributed by atoms with Crippen LogP contribution in [-0.2, 0) is 0 Å². The number of hydrogen-bond donors (Lipinski definition) is 0. The highest BCUT2D eigenvalue weighted by atomic mass is 35.5. The highest BCUT2D eigenvalue weighted by Gasteiger charge is 2.24. The van der Waals surface area contributed by atoms with Gasteiger partial charge in [-0.25, -0.2) is 4.79 Å². The van der Waals surface area contributed by atoms with E-state index in [4.69, 9.17) is 21.1 Å². The van der Waals surface area contributed by atoms with E-state index in [1.807, 2.05) is 48.5 Å². The molecule has 1 aliphatic rings. The SMILES string of the molecule is CCCCCCCCOc1ccc(-c2ccc(OC(=O)c3ccc(C4CCC(CCCCCCC)CC4)c(Cl)c3)cc2)cc1. The Labute approximate surface area is 271 Å². The van der Waals surface area contributed by atoms with Crippen molar-refractivity contribution in [2.45, 2.75) is 122 Å². The second kappa shape index (κ2) is 18.9. The highest BCUT2D eigenvalue weighted by molar-refractivity contribution is 6.31. The minimum atomic E-state index is -0.384. The first-order valence-corrected chi connectivity index (χ1v) is 17.8. The highest BCUT2D eigenvalue weighted by Crippen LogP contribution is 2.40. The number of benzene rings is 3. The second-order valence-electron chi connectivity index (χ2n) is 12.7. The predicted octanol–water partition coefficient (Wildman–Crippen LogP) is 12.6. The Bertz CT molecular complexity index is 1240. The van der Waals surface area contributed by atoms with Crippen LogP contribution in [0.4, 0.5) is 0 Å². The molecule has 0 aliphatic heterocycles. The van der Waals surface area contributed by atoms with E-state index < -0.39 is 0 Å². The third-order valence-electron chi connectivity index (χ3n) is 9.26. The Kier molecular flexibility index (Phi) is 14.6. The zero-order valence-electron chi connectivity index (χ0n) is 27.1.